The van der Waals surface area contributed by atoms with E-state index in [0.29, 0.717) is 18.6 Å². The van der Waals surface area contributed by atoms with Crippen molar-refractivity contribution in [1.82, 2.24) is 0 Å². The maximum Gasteiger partial charge on any atom is 0.137 e. The smallest absolute Gasteiger partial charge is 0.137 e. The van der Waals surface area contributed by atoms with Crippen LogP contribution in [0.5, 0.6) is 0 Å². The highest BCUT2D eigenvalue weighted by Crippen LogP contribution is 2.25. The Morgan fingerprint density at radius 2 is 1.83 bits per heavy atom. The number of ketones is 1. The summed E-state index contributed by atoms with van der Waals surface area (Å²) in [4.78, 5) is 11.2. The molecular formula is C17H22O. The van der Waals surface area contributed by atoms with Gasteiger partial charge < -0.3 is 0 Å². The summed E-state index contributed by atoms with van der Waals surface area (Å²) in [6.45, 7) is 2.24. The monoisotopic (exact) mass is 242 g/mol. The van der Waals surface area contributed by atoms with Gasteiger partial charge in [-0.25, -0.2) is 0 Å². The molecule has 1 nitrogen and oxygen atoms in total. The van der Waals surface area contributed by atoms with E-state index in [4.69, 9.17) is 0 Å². The Labute approximate surface area is 110 Å². The molecule has 0 heterocycles. The number of benzene rings is 1. The topological polar surface area (TPSA) is 17.1 Å². The minimum Gasteiger partial charge on any atom is -0.299 e. The predicted molar refractivity (Wildman–Crippen MR) is 76.5 cm³/mol. The number of Topliss-reactive ketones (excluding diaryl/α,β-unsaturated/α-hetero) is 1. The van der Waals surface area contributed by atoms with Gasteiger partial charge in [0.05, 0.1) is 0 Å². The summed E-state index contributed by atoms with van der Waals surface area (Å²) in [6, 6.07) is 8.90. The van der Waals surface area contributed by atoms with Crippen LogP contribution in [0.2, 0.25) is 0 Å². The Morgan fingerprint density at radius 1 is 1.06 bits per heavy atom. The lowest BCUT2D eigenvalue weighted by Crippen LogP contribution is -2.03. The van der Waals surface area contributed by atoms with Gasteiger partial charge in [0.25, 0.3) is 0 Å². The number of allylic oxidation sites excluding steroid dienone is 2. The number of hydrogen-bond acceptors (Lipinski definition) is 1. The first-order valence-corrected chi connectivity index (χ1v) is 7.09. The number of rotatable bonds is 5. The number of aryl methyl sites for hydroxylation is 1. The molecule has 0 saturated carbocycles. The highest BCUT2D eigenvalue weighted by molar-refractivity contribution is 5.86. The lowest BCUT2D eigenvalue weighted by atomic mass is 9.92. The highest BCUT2D eigenvalue weighted by atomic mass is 16.1. The Balaban J connectivity index is 1.97. The van der Waals surface area contributed by atoms with E-state index in [2.05, 4.69) is 37.3 Å². The van der Waals surface area contributed by atoms with Gasteiger partial charge in [0.15, 0.2) is 0 Å². The summed E-state index contributed by atoms with van der Waals surface area (Å²) in [6.07, 6.45) is 9.40. The molecule has 0 aliphatic heterocycles. The fourth-order valence-corrected chi connectivity index (χ4v) is 2.44. The molecule has 0 spiro atoms. The van der Waals surface area contributed by atoms with E-state index in [9.17, 15) is 4.79 Å². The van der Waals surface area contributed by atoms with Gasteiger partial charge in [-0.2, -0.15) is 0 Å². The van der Waals surface area contributed by atoms with Crippen LogP contribution in [0.3, 0.4) is 0 Å². The van der Waals surface area contributed by atoms with Gasteiger partial charge in [0.2, 0.25) is 0 Å². The molecule has 1 aromatic rings. The quantitative estimate of drug-likeness (QED) is 0.692. The molecule has 0 bridgehead atoms. The number of carbonyl (C=O) groups excluding carboxylic acids is 1. The van der Waals surface area contributed by atoms with Crippen LogP contribution in [0.1, 0.15) is 56.6 Å². The molecule has 0 fully saturated rings. The van der Waals surface area contributed by atoms with Gasteiger partial charge in [-0.1, -0.05) is 50.1 Å². The van der Waals surface area contributed by atoms with Crippen LogP contribution in [0.25, 0.3) is 5.57 Å². The zero-order chi connectivity index (χ0) is 12.8. The Kier molecular flexibility index (Phi) is 4.74. The SMILES string of the molecule is CCCCCc1ccc(C2=CCC(=O)CC2)cc1. The second kappa shape index (κ2) is 6.53. The molecule has 1 aromatic carbocycles. The van der Waals surface area contributed by atoms with Crippen molar-refractivity contribution in [3.63, 3.8) is 0 Å². The van der Waals surface area contributed by atoms with Crippen LogP contribution in [0.4, 0.5) is 0 Å². The van der Waals surface area contributed by atoms with Crippen molar-refractivity contribution < 1.29 is 4.79 Å². The normalized spacial score (nSPS) is 15.6. The van der Waals surface area contributed by atoms with E-state index < -0.39 is 0 Å². The van der Waals surface area contributed by atoms with Crippen LogP contribution in [-0.4, -0.2) is 5.78 Å². The molecule has 0 N–H and O–H groups in total. The minimum atomic E-state index is 0.370. The average Bonchev–Trinajstić information content (AvgIpc) is 2.41. The Morgan fingerprint density at radius 3 is 2.44 bits per heavy atom. The fourth-order valence-electron chi connectivity index (χ4n) is 2.44. The summed E-state index contributed by atoms with van der Waals surface area (Å²) >= 11 is 0. The van der Waals surface area contributed by atoms with Gasteiger partial charge in [-0.15, -0.1) is 0 Å². The third-order valence-corrected chi connectivity index (χ3v) is 3.64. The molecule has 0 radical (unpaired) electrons. The summed E-state index contributed by atoms with van der Waals surface area (Å²) in [5.74, 6) is 0.370. The Hall–Kier alpha value is -1.37. The lowest BCUT2D eigenvalue weighted by molar-refractivity contribution is -0.118. The van der Waals surface area contributed by atoms with Gasteiger partial charge >= 0.3 is 0 Å². The van der Waals surface area contributed by atoms with Gasteiger partial charge in [0.1, 0.15) is 5.78 Å². The van der Waals surface area contributed by atoms with Crippen molar-refractivity contribution >= 4 is 11.4 Å². The summed E-state index contributed by atoms with van der Waals surface area (Å²) in [7, 11) is 0. The van der Waals surface area contributed by atoms with Gasteiger partial charge in [-0.3, -0.25) is 4.79 Å². The number of hydrogen-bond donors (Lipinski definition) is 0. The van der Waals surface area contributed by atoms with Gasteiger partial charge in [0, 0.05) is 12.8 Å². The Bertz CT molecular complexity index is 425. The molecule has 18 heavy (non-hydrogen) atoms. The van der Waals surface area contributed by atoms with Crippen molar-refractivity contribution in [3.8, 4) is 0 Å². The maximum absolute atomic E-state index is 11.2. The number of carbonyl (C=O) groups is 1. The first kappa shape index (κ1) is 13.1. The second-order valence-corrected chi connectivity index (χ2v) is 5.13. The van der Waals surface area contributed by atoms with Crippen LogP contribution >= 0.6 is 0 Å². The lowest BCUT2D eigenvalue weighted by Gasteiger charge is -2.12. The second-order valence-electron chi connectivity index (χ2n) is 5.13. The van der Waals surface area contributed by atoms with Crippen molar-refractivity contribution in [2.24, 2.45) is 0 Å². The van der Waals surface area contributed by atoms with Gasteiger partial charge in [-0.05, 0) is 36.0 Å². The molecule has 0 amide bonds. The molecule has 1 heteroatoms. The third kappa shape index (κ3) is 3.56. The van der Waals surface area contributed by atoms with Crippen molar-refractivity contribution in [2.75, 3.05) is 0 Å². The highest BCUT2D eigenvalue weighted by Gasteiger charge is 2.11. The van der Waals surface area contributed by atoms with E-state index >= 15 is 0 Å². The van der Waals surface area contributed by atoms with E-state index in [-0.39, 0.29) is 0 Å². The molecule has 0 unspecified atom stereocenters. The first-order chi connectivity index (χ1) is 8.79. The molecule has 0 atom stereocenters. The van der Waals surface area contributed by atoms with E-state index in [1.165, 1.54) is 42.4 Å². The summed E-state index contributed by atoms with van der Waals surface area (Å²) < 4.78 is 0. The molecule has 96 valence electrons. The van der Waals surface area contributed by atoms with E-state index in [1.807, 2.05) is 0 Å². The summed E-state index contributed by atoms with van der Waals surface area (Å²) in [5.41, 5.74) is 4.07. The van der Waals surface area contributed by atoms with Crippen molar-refractivity contribution in [2.45, 2.75) is 51.9 Å². The molecule has 1 aliphatic carbocycles. The standard InChI is InChI=1S/C17H22O/c1-2-3-4-5-14-6-8-15(9-7-14)16-10-12-17(18)13-11-16/h6-10H,2-5,11-13H2,1H3. The number of unbranched alkanes of at least 4 members (excludes halogenated alkanes) is 2. The summed E-state index contributed by atoms with van der Waals surface area (Å²) in [5, 5.41) is 0. The van der Waals surface area contributed by atoms with E-state index in [0.717, 1.165) is 6.42 Å². The van der Waals surface area contributed by atoms with Crippen LogP contribution < -0.4 is 0 Å². The third-order valence-electron chi connectivity index (χ3n) is 3.64. The van der Waals surface area contributed by atoms with Crippen LogP contribution in [0.15, 0.2) is 30.3 Å². The molecule has 2 rings (SSSR count). The average molecular weight is 242 g/mol. The van der Waals surface area contributed by atoms with E-state index in [1.54, 1.807) is 0 Å². The van der Waals surface area contributed by atoms with Crippen LogP contribution in [0, 0.1) is 0 Å². The minimum absolute atomic E-state index is 0.370. The molecule has 0 saturated heterocycles. The largest absolute Gasteiger partial charge is 0.299 e. The zero-order valence-electron chi connectivity index (χ0n) is 11.2. The zero-order valence-corrected chi connectivity index (χ0v) is 11.2. The molecular weight excluding hydrogens is 220 g/mol. The maximum atomic E-state index is 11.2. The van der Waals surface area contributed by atoms with Crippen molar-refractivity contribution in [1.29, 1.82) is 0 Å². The molecule has 0 aromatic heterocycles. The van der Waals surface area contributed by atoms with Crippen LogP contribution in [-0.2, 0) is 11.2 Å². The predicted octanol–water partition coefficient (Wildman–Crippen LogP) is 4.56. The molecule has 1 aliphatic rings. The fraction of sp³-hybridized carbons (Fsp3) is 0.471. The van der Waals surface area contributed by atoms with Crippen molar-refractivity contribution in [3.05, 3.63) is 41.5 Å². The first-order valence-electron chi connectivity index (χ1n) is 7.09.